The summed E-state index contributed by atoms with van der Waals surface area (Å²) in [5.41, 5.74) is 3.70. The molecule has 0 saturated heterocycles. The molecule has 2 aromatic carbocycles. The van der Waals surface area contributed by atoms with Crippen LogP contribution in [0, 0.1) is 5.82 Å². The van der Waals surface area contributed by atoms with E-state index in [1.165, 1.54) is 12.1 Å². The predicted octanol–water partition coefficient (Wildman–Crippen LogP) is 5.73. The Bertz CT molecular complexity index is 1190. The Morgan fingerprint density at radius 2 is 2.00 bits per heavy atom. The first kappa shape index (κ1) is 21.1. The first-order chi connectivity index (χ1) is 15.1. The highest BCUT2D eigenvalue weighted by molar-refractivity contribution is 7.13. The topological polar surface area (TPSA) is 46.5 Å². The normalized spacial score (nSPS) is 11.1. The molecular formula is C24H24FN3O2S. The van der Waals surface area contributed by atoms with Crippen LogP contribution in [0.2, 0.25) is 0 Å². The minimum Gasteiger partial charge on any atom is -0.383 e. The fraction of sp³-hybridized carbons (Fsp3) is 0.208. The number of carbonyl (C=O) groups is 1. The van der Waals surface area contributed by atoms with E-state index in [4.69, 9.17) is 4.74 Å². The van der Waals surface area contributed by atoms with Gasteiger partial charge in [-0.25, -0.2) is 9.18 Å². The predicted molar refractivity (Wildman–Crippen MR) is 124 cm³/mol. The van der Waals surface area contributed by atoms with Gasteiger partial charge in [0.05, 0.1) is 23.7 Å². The van der Waals surface area contributed by atoms with Crippen LogP contribution in [0.3, 0.4) is 0 Å². The van der Waals surface area contributed by atoms with Gasteiger partial charge < -0.3 is 19.5 Å². The number of hydrogen-bond donors (Lipinski definition) is 1. The van der Waals surface area contributed by atoms with Gasteiger partial charge >= 0.3 is 6.03 Å². The zero-order chi connectivity index (χ0) is 21.8. The number of urea groups is 1. The van der Waals surface area contributed by atoms with Crippen LogP contribution < -0.4 is 5.32 Å². The fourth-order valence-electron chi connectivity index (χ4n) is 3.77. The van der Waals surface area contributed by atoms with Gasteiger partial charge in [-0.15, -0.1) is 11.3 Å². The third-order valence-corrected chi connectivity index (χ3v) is 6.12. The van der Waals surface area contributed by atoms with E-state index in [9.17, 15) is 9.18 Å². The zero-order valence-electron chi connectivity index (χ0n) is 17.5. The Morgan fingerprint density at radius 1 is 1.16 bits per heavy atom. The SMILES string of the molecule is COCCN(Cc1c(-c2cccs2)n(C)c2ccccc12)C(=O)Nc1cccc(F)c1. The van der Waals surface area contributed by atoms with Crippen LogP contribution >= 0.6 is 11.3 Å². The van der Waals surface area contributed by atoms with E-state index in [2.05, 4.69) is 33.5 Å². The summed E-state index contributed by atoms with van der Waals surface area (Å²) < 4.78 is 21.0. The summed E-state index contributed by atoms with van der Waals surface area (Å²) >= 11 is 1.67. The minimum atomic E-state index is -0.393. The maximum atomic E-state index is 13.6. The Morgan fingerprint density at radius 3 is 2.74 bits per heavy atom. The maximum Gasteiger partial charge on any atom is 0.322 e. The van der Waals surface area contributed by atoms with Crippen molar-refractivity contribution in [2.45, 2.75) is 6.54 Å². The Hall–Kier alpha value is -3.16. The van der Waals surface area contributed by atoms with Crippen LogP contribution in [0.25, 0.3) is 21.5 Å². The average molecular weight is 438 g/mol. The molecule has 2 amide bonds. The third kappa shape index (κ3) is 4.47. The molecule has 7 heteroatoms. The van der Waals surface area contributed by atoms with Crippen LogP contribution in [0.4, 0.5) is 14.9 Å². The number of rotatable bonds is 7. The standard InChI is InChI=1S/C24H24FN3O2S/c1-27-21-10-4-3-9-19(21)20(23(27)22-11-6-14-31-22)16-28(12-13-30-2)24(29)26-18-8-5-7-17(25)15-18/h3-11,14-15H,12-13,16H2,1-2H3,(H,26,29). The van der Waals surface area contributed by atoms with E-state index in [1.54, 1.807) is 35.5 Å². The number of halogens is 1. The van der Waals surface area contributed by atoms with Crippen LogP contribution in [-0.4, -0.2) is 35.8 Å². The summed E-state index contributed by atoms with van der Waals surface area (Å²) in [5, 5.41) is 5.97. The number of fused-ring (bicyclic) bond motifs is 1. The second kappa shape index (κ2) is 9.32. The number of benzene rings is 2. The summed E-state index contributed by atoms with van der Waals surface area (Å²) in [6.07, 6.45) is 0. The number of aryl methyl sites for hydroxylation is 1. The van der Waals surface area contributed by atoms with Crippen LogP contribution in [-0.2, 0) is 18.3 Å². The molecule has 0 atom stereocenters. The number of thiophene rings is 1. The summed E-state index contributed by atoms with van der Waals surface area (Å²) in [7, 11) is 3.66. The summed E-state index contributed by atoms with van der Waals surface area (Å²) in [5.74, 6) is -0.393. The minimum absolute atomic E-state index is 0.298. The quantitative estimate of drug-likeness (QED) is 0.402. The van der Waals surface area contributed by atoms with Gasteiger partial charge in [0.1, 0.15) is 5.82 Å². The Labute approximate surface area is 184 Å². The second-order valence-corrected chi connectivity index (χ2v) is 8.18. The highest BCUT2D eigenvalue weighted by Gasteiger charge is 2.22. The average Bonchev–Trinajstić information content (AvgIpc) is 3.38. The molecule has 0 fully saturated rings. The Kier molecular flexibility index (Phi) is 6.34. The molecule has 0 aliphatic heterocycles. The first-order valence-corrected chi connectivity index (χ1v) is 10.9. The molecule has 0 spiro atoms. The van der Waals surface area contributed by atoms with E-state index in [0.29, 0.717) is 25.4 Å². The van der Waals surface area contributed by atoms with Crippen LogP contribution in [0.5, 0.6) is 0 Å². The third-order valence-electron chi connectivity index (χ3n) is 5.24. The lowest BCUT2D eigenvalue weighted by atomic mass is 10.1. The van der Waals surface area contributed by atoms with E-state index < -0.39 is 5.82 Å². The fourth-order valence-corrected chi connectivity index (χ4v) is 4.61. The number of para-hydroxylation sites is 1. The summed E-state index contributed by atoms with van der Waals surface area (Å²) in [6, 6.07) is 17.9. The zero-order valence-corrected chi connectivity index (χ0v) is 18.3. The molecule has 5 nitrogen and oxygen atoms in total. The molecule has 0 aliphatic rings. The van der Waals surface area contributed by atoms with Gasteiger partial charge in [0.25, 0.3) is 0 Å². The van der Waals surface area contributed by atoms with Gasteiger partial charge in [-0.3, -0.25) is 0 Å². The lowest BCUT2D eigenvalue weighted by Crippen LogP contribution is -2.37. The van der Waals surface area contributed by atoms with Crippen molar-refractivity contribution in [2.24, 2.45) is 7.05 Å². The summed E-state index contributed by atoms with van der Waals surface area (Å²) in [6.45, 7) is 1.21. The van der Waals surface area contributed by atoms with Crippen molar-refractivity contribution in [3.63, 3.8) is 0 Å². The molecule has 4 aromatic rings. The molecule has 0 aliphatic carbocycles. The van der Waals surface area contributed by atoms with Crippen molar-refractivity contribution in [3.8, 4) is 10.6 Å². The summed E-state index contributed by atoms with van der Waals surface area (Å²) in [4.78, 5) is 16.0. The number of amides is 2. The van der Waals surface area contributed by atoms with E-state index >= 15 is 0 Å². The molecule has 0 unspecified atom stereocenters. The largest absolute Gasteiger partial charge is 0.383 e. The van der Waals surface area contributed by atoms with Crippen molar-refractivity contribution in [1.82, 2.24) is 9.47 Å². The molecule has 160 valence electrons. The molecule has 0 saturated carbocycles. The lowest BCUT2D eigenvalue weighted by molar-refractivity contribution is 0.153. The van der Waals surface area contributed by atoms with Crippen molar-refractivity contribution >= 4 is 34.0 Å². The first-order valence-electron chi connectivity index (χ1n) is 9.99. The number of carbonyl (C=O) groups excluding carboxylic acids is 1. The van der Waals surface area contributed by atoms with Crippen LogP contribution in [0.15, 0.2) is 66.0 Å². The number of anilines is 1. The molecule has 2 heterocycles. The van der Waals surface area contributed by atoms with E-state index in [-0.39, 0.29) is 6.03 Å². The number of hydrogen-bond acceptors (Lipinski definition) is 3. The number of ether oxygens (including phenoxy) is 1. The number of nitrogens with one attached hydrogen (secondary N) is 1. The lowest BCUT2D eigenvalue weighted by Gasteiger charge is -2.23. The molecular weight excluding hydrogens is 413 g/mol. The number of aromatic nitrogens is 1. The smallest absolute Gasteiger partial charge is 0.322 e. The van der Waals surface area contributed by atoms with Gasteiger partial charge in [0.2, 0.25) is 0 Å². The second-order valence-electron chi connectivity index (χ2n) is 7.24. The van der Waals surface area contributed by atoms with Crippen molar-refractivity contribution < 1.29 is 13.9 Å². The number of nitrogens with zero attached hydrogens (tertiary/aromatic N) is 2. The molecule has 4 rings (SSSR count). The van der Waals surface area contributed by atoms with Gasteiger partial charge in [-0.1, -0.05) is 30.3 Å². The molecule has 0 radical (unpaired) electrons. The highest BCUT2D eigenvalue weighted by atomic mass is 32.1. The Balaban J connectivity index is 1.71. The molecule has 31 heavy (non-hydrogen) atoms. The maximum absolute atomic E-state index is 13.6. The van der Waals surface area contributed by atoms with E-state index in [0.717, 1.165) is 27.0 Å². The van der Waals surface area contributed by atoms with Gasteiger partial charge in [0.15, 0.2) is 0 Å². The molecule has 1 N–H and O–H groups in total. The van der Waals surface area contributed by atoms with Crippen molar-refractivity contribution in [3.05, 3.63) is 77.4 Å². The van der Waals surface area contributed by atoms with Crippen molar-refractivity contribution in [2.75, 3.05) is 25.6 Å². The van der Waals surface area contributed by atoms with Crippen molar-refractivity contribution in [1.29, 1.82) is 0 Å². The van der Waals surface area contributed by atoms with Gasteiger partial charge in [0, 0.05) is 42.9 Å². The van der Waals surface area contributed by atoms with Gasteiger partial charge in [-0.05, 0) is 35.7 Å². The van der Waals surface area contributed by atoms with Crippen LogP contribution in [0.1, 0.15) is 5.56 Å². The number of methoxy groups -OCH3 is 1. The highest BCUT2D eigenvalue weighted by Crippen LogP contribution is 2.36. The molecule has 2 aromatic heterocycles. The monoisotopic (exact) mass is 437 g/mol. The van der Waals surface area contributed by atoms with E-state index in [1.807, 2.05) is 25.2 Å². The molecule has 0 bridgehead atoms. The van der Waals surface area contributed by atoms with Gasteiger partial charge in [-0.2, -0.15) is 0 Å².